The maximum Gasteiger partial charge on any atom is 0.100 e. The standard InChI is InChI=1S/C11H10N2/c1-7-3-4-10-11(7)9(5-12)8(2)6-13-10/h3,6H,4H2,1-2H3. The normalized spacial score (nSPS) is 13.5. The van der Waals surface area contributed by atoms with Gasteiger partial charge in [-0.25, -0.2) is 0 Å². The van der Waals surface area contributed by atoms with E-state index in [1.165, 1.54) is 5.57 Å². The molecular formula is C11H10N2. The number of allylic oxidation sites excluding steroid dienone is 2. The number of aryl methyl sites for hydroxylation is 1. The fourth-order valence-corrected chi connectivity index (χ4v) is 1.72. The lowest BCUT2D eigenvalue weighted by Crippen LogP contribution is -1.96. The second-order valence-electron chi connectivity index (χ2n) is 3.34. The quantitative estimate of drug-likeness (QED) is 0.598. The van der Waals surface area contributed by atoms with Crippen molar-refractivity contribution in [1.29, 1.82) is 5.26 Å². The van der Waals surface area contributed by atoms with E-state index in [0.717, 1.165) is 28.8 Å². The molecule has 1 aromatic heterocycles. The van der Waals surface area contributed by atoms with Crippen molar-refractivity contribution >= 4 is 5.57 Å². The fourth-order valence-electron chi connectivity index (χ4n) is 1.72. The van der Waals surface area contributed by atoms with Crippen LogP contribution in [0.1, 0.15) is 29.3 Å². The Morgan fingerprint density at radius 2 is 2.23 bits per heavy atom. The molecule has 0 unspecified atom stereocenters. The molecule has 0 bridgehead atoms. The van der Waals surface area contributed by atoms with E-state index in [1.54, 1.807) is 6.20 Å². The molecule has 1 aliphatic carbocycles. The maximum atomic E-state index is 9.00. The van der Waals surface area contributed by atoms with Crippen LogP contribution in [0.4, 0.5) is 0 Å². The van der Waals surface area contributed by atoms with E-state index in [9.17, 15) is 0 Å². The molecule has 0 atom stereocenters. The van der Waals surface area contributed by atoms with Crippen molar-refractivity contribution in [3.8, 4) is 6.07 Å². The van der Waals surface area contributed by atoms with Crippen LogP contribution < -0.4 is 0 Å². The van der Waals surface area contributed by atoms with E-state index in [-0.39, 0.29) is 0 Å². The number of pyridine rings is 1. The molecule has 0 N–H and O–H groups in total. The van der Waals surface area contributed by atoms with Gasteiger partial charge in [0.05, 0.1) is 11.3 Å². The number of nitrogens with zero attached hydrogens (tertiary/aromatic N) is 2. The van der Waals surface area contributed by atoms with Crippen molar-refractivity contribution in [1.82, 2.24) is 4.98 Å². The number of aromatic nitrogens is 1. The van der Waals surface area contributed by atoms with Crippen molar-refractivity contribution in [3.05, 3.63) is 34.7 Å². The molecule has 0 saturated carbocycles. The van der Waals surface area contributed by atoms with Gasteiger partial charge in [-0.2, -0.15) is 5.26 Å². The molecule has 1 aromatic rings. The van der Waals surface area contributed by atoms with Gasteiger partial charge in [0.25, 0.3) is 0 Å². The second-order valence-corrected chi connectivity index (χ2v) is 3.34. The first-order valence-corrected chi connectivity index (χ1v) is 4.29. The third-order valence-corrected chi connectivity index (χ3v) is 2.45. The minimum Gasteiger partial charge on any atom is -0.260 e. The van der Waals surface area contributed by atoms with Gasteiger partial charge in [-0.3, -0.25) is 4.98 Å². The zero-order valence-electron chi connectivity index (χ0n) is 7.76. The lowest BCUT2D eigenvalue weighted by Gasteiger charge is -2.05. The highest BCUT2D eigenvalue weighted by Crippen LogP contribution is 2.29. The highest BCUT2D eigenvalue weighted by molar-refractivity contribution is 5.75. The molecule has 0 saturated heterocycles. The molecule has 0 spiro atoms. The summed E-state index contributed by atoms with van der Waals surface area (Å²) in [6.07, 6.45) is 4.78. The molecule has 0 aliphatic heterocycles. The lowest BCUT2D eigenvalue weighted by atomic mass is 10.0. The van der Waals surface area contributed by atoms with Crippen molar-refractivity contribution in [2.24, 2.45) is 0 Å². The molecule has 1 aliphatic rings. The first kappa shape index (κ1) is 8.00. The second kappa shape index (κ2) is 2.70. The van der Waals surface area contributed by atoms with Gasteiger partial charge >= 0.3 is 0 Å². The summed E-state index contributed by atoms with van der Waals surface area (Å²) in [6, 6.07) is 2.25. The highest BCUT2D eigenvalue weighted by atomic mass is 14.7. The SMILES string of the molecule is CC1=CCc2ncc(C)c(C#N)c21. The lowest BCUT2D eigenvalue weighted by molar-refractivity contribution is 1.10. The summed E-state index contributed by atoms with van der Waals surface area (Å²) >= 11 is 0. The molecule has 64 valence electrons. The van der Waals surface area contributed by atoms with Crippen LogP contribution in [0, 0.1) is 18.3 Å². The summed E-state index contributed by atoms with van der Waals surface area (Å²) in [4.78, 5) is 4.31. The fraction of sp³-hybridized carbons (Fsp3) is 0.273. The Kier molecular flexibility index (Phi) is 1.66. The average Bonchev–Trinajstić information content (AvgIpc) is 2.49. The van der Waals surface area contributed by atoms with Crippen LogP contribution in [0.3, 0.4) is 0 Å². The van der Waals surface area contributed by atoms with Crippen molar-refractivity contribution < 1.29 is 0 Å². The monoisotopic (exact) mass is 170 g/mol. The third-order valence-electron chi connectivity index (χ3n) is 2.45. The highest BCUT2D eigenvalue weighted by Gasteiger charge is 2.17. The first-order chi connectivity index (χ1) is 6.24. The summed E-state index contributed by atoms with van der Waals surface area (Å²) in [5.41, 5.74) is 5.04. The summed E-state index contributed by atoms with van der Waals surface area (Å²) in [5.74, 6) is 0. The molecular weight excluding hydrogens is 160 g/mol. The molecule has 2 nitrogen and oxygen atoms in total. The zero-order valence-corrected chi connectivity index (χ0v) is 7.76. The molecule has 0 aromatic carbocycles. The maximum absolute atomic E-state index is 9.00. The van der Waals surface area contributed by atoms with Gasteiger partial charge in [-0.15, -0.1) is 0 Å². The van der Waals surface area contributed by atoms with E-state index in [0.29, 0.717) is 0 Å². The predicted molar refractivity (Wildman–Crippen MR) is 51.0 cm³/mol. The summed E-state index contributed by atoms with van der Waals surface area (Å²) in [6.45, 7) is 3.96. The molecule has 0 fully saturated rings. The summed E-state index contributed by atoms with van der Waals surface area (Å²) < 4.78 is 0. The van der Waals surface area contributed by atoms with Gasteiger partial charge in [0.2, 0.25) is 0 Å². The largest absolute Gasteiger partial charge is 0.260 e. The van der Waals surface area contributed by atoms with Gasteiger partial charge in [0.1, 0.15) is 6.07 Å². The van der Waals surface area contributed by atoms with Crippen LogP contribution in [0.5, 0.6) is 0 Å². The topological polar surface area (TPSA) is 36.7 Å². The van der Waals surface area contributed by atoms with Gasteiger partial charge in [0, 0.05) is 18.2 Å². The smallest absolute Gasteiger partial charge is 0.100 e. The van der Waals surface area contributed by atoms with E-state index >= 15 is 0 Å². The summed E-state index contributed by atoms with van der Waals surface area (Å²) in [7, 11) is 0. The van der Waals surface area contributed by atoms with E-state index in [4.69, 9.17) is 5.26 Å². The molecule has 13 heavy (non-hydrogen) atoms. The molecule has 0 radical (unpaired) electrons. The number of hydrogen-bond acceptors (Lipinski definition) is 2. The predicted octanol–water partition coefficient (Wildman–Crippen LogP) is 2.22. The Balaban J connectivity index is 2.76. The average molecular weight is 170 g/mol. The number of hydrogen-bond donors (Lipinski definition) is 0. The first-order valence-electron chi connectivity index (χ1n) is 4.29. The summed E-state index contributed by atoms with van der Waals surface area (Å²) in [5, 5.41) is 9.00. The van der Waals surface area contributed by atoms with Gasteiger partial charge in [0.15, 0.2) is 0 Å². The van der Waals surface area contributed by atoms with Crippen molar-refractivity contribution in [3.63, 3.8) is 0 Å². The molecule has 1 heterocycles. The zero-order chi connectivity index (χ0) is 9.42. The Bertz CT molecular complexity index is 436. The van der Waals surface area contributed by atoms with Crippen LogP contribution in [-0.4, -0.2) is 4.98 Å². The van der Waals surface area contributed by atoms with E-state index < -0.39 is 0 Å². The Labute approximate surface area is 77.5 Å². The van der Waals surface area contributed by atoms with Crippen LogP contribution in [0.15, 0.2) is 12.3 Å². The Hall–Kier alpha value is -1.62. The minimum absolute atomic E-state index is 0.788. The van der Waals surface area contributed by atoms with Crippen molar-refractivity contribution in [2.75, 3.05) is 0 Å². The van der Waals surface area contributed by atoms with Crippen LogP contribution in [0.25, 0.3) is 5.57 Å². The Morgan fingerprint density at radius 1 is 1.46 bits per heavy atom. The van der Waals surface area contributed by atoms with Crippen LogP contribution in [0.2, 0.25) is 0 Å². The third kappa shape index (κ3) is 1.05. The van der Waals surface area contributed by atoms with Gasteiger partial charge < -0.3 is 0 Å². The van der Waals surface area contributed by atoms with Gasteiger partial charge in [-0.1, -0.05) is 6.08 Å². The van der Waals surface area contributed by atoms with Crippen LogP contribution in [-0.2, 0) is 6.42 Å². The van der Waals surface area contributed by atoms with E-state index in [1.807, 2.05) is 13.8 Å². The van der Waals surface area contributed by atoms with E-state index in [2.05, 4.69) is 17.1 Å². The van der Waals surface area contributed by atoms with Crippen LogP contribution >= 0.6 is 0 Å². The van der Waals surface area contributed by atoms with Crippen molar-refractivity contribution in [2.45, 2.75) is 20.3 Å². The molecule has 2 rings (SSSR count). The number of fused-ring (bicyclic) bond motifs is 1. The molecule has 2 heteroatoms. The molecule has 0 amide bonds. The Morgan fingerprint density at radius 3 is 2.92 bits per heavy atom. The number of rotatable bonds is 0. The van der Waals surface area contributed by atoms with Gasteiger partial charge in [-0.05, 0) is 25.0 Å². The minimum atomic E-state index is 0.788. The number of nitriles is 1.